The molecule has 0 unspecified atom stereocenters. The zero-order valence-electron chi connectivity index (χ0n) is 13.9. The number of hydrogen-bond donors (Lipinski definition) is 1. The summed E-state index contributed by atoms with van der Waals surface area (Å²) in [5.74, 6) is -0.129. The lowest BCUT2D eigenvalue weighted by atomic mass is 10.0. The highest BCUT2D eigenvalue weighted by Gasteiger charge is 2.18. The van der Waals surface area contributed by atoms with E-state index in [9.17, 15) is 8.42 Å². The van der Waals surface area contributed by atoms with Crippen molar-refractivity contribution in [3.8, 4) is 11.1 Å². The van der Waals surface area contributed by atoms with Crippen LogP contribution in [0.4, 0.5) is 0 Å². The van der Waals surface area contributed by atoms with Crippen LogP contribution in [-0.4, -0.2) is 41.1 Å². The smallest absolute Gasteiger partial charge is 0.214 e. The molecule has 0 saturated carbocycles. The highest BCUT2D eigenvalue weighted by Crippen LogP contribution is 2.20. The lowest BCUT2D eigenvalue weighted by molar-refractivity contribution is 0.0419. The van der Waals surface area contributed by atoms with Crippen LogP contribution >= 0.6 is 0 Å². The molecule has 24 heavy (non-hydrogen) atoms. The molecule has 0 amide bonds. The third-order valence-electron chi connectivity index (χ3n) is 3.62. The quantitative estimate of drug-likeness (QED) is 0.755. The number of rotatable bonds is 9. The Morgan fingerprint density at radius 3 is 2.38 bits per heavy atom. The van der Waals surface area contributed by atoms with Gasteiger partial charge in [0.15, 0.2) is 0 Å². The average Bonchev–Trinajstić information content (AvgIpc) is 2.60. The first-order chi connectivity index (χ1) is 11.5. The maximum atomic E-state index is 12.2. The van der Waals surface area contributed by atoms with Crippen LogP contribution in [0, 0.1) is 0 Å². The molecule has 0 radical (unpaired) electrons. The normalized spacial score (nSPS) is 12.9. The molecule has 1 N–H and O–H groups in total. The van der Waals surface area contributed by atoms with Crippen LogP contribution in [0.15, 0.2) is 54.6 Å². The van der Waals surface area contributed by atoms with Crippen LogP contribution in [0.2, 0.25) is 0 Å². The van der Waals surface area contributed by atoms with Gasteiger partial charge in [-0.1, -0.05) is 48.5 Å². The average molecular weight is 349 g/mol. The Balaban J connectivity index is 2.01. The van der Waals surface area contributed by atoms with Gasteiger partial charge in [0.05, 0.1) is 18.5 Å². The predicted octanol–water partition coefficient (Wildman–Crippen LogP) is 2.43. The highest BCUT2D eigenvalue weighted by atomic mass is 32.2. The Morgan fingerprint density at radius 1 is 1.00 bits per heavy atom. The monoisotopic (exact) mass is 349 g/mol. The van der Waals surface area contributed by atoms with E-state index in [-0.39, 0.29) is 18.9 Å². The van der Waals surface area contributed by atoms with Crippen LogP contribution in [0.3, 0.4) is 0 Å². The summed E-state index contributed by atoms with van der Waals surface area (Å²) >= 11 is 0. The minimum atomic E-state index is -3.45. The summed E-state index contributed by atoms with van der Waals surface area (Å²) in [7, 11) is -0.456. The first kappa shape index (κ1) is 18.6. The summed E-state index contributed by atoms with van der Waals surface area (Å²) in [6.07, 6.45) is -0.483. The van der Waals surface area contributed by atoms with Crippen LogP contribution in [0.1, 0.15) is 5.56 Å². The Morgan fingerprint density at radius 2 is 1.71 bits per heavy atom. The molecule has 0 aromatic heterocycles. The Kier molecular flexibility index (Phi) is 6.93. The fourth-order valence-corrected chi connectivity index (χ4v) is 3.58. The molecule has 2 aromatic carbocycles. The maximum Gasteiger partial charge on any atom is 0.214 e. The van der Waals surface area contributed by atoms with Gasteiger partial charge in [0.2, 0.25) is 10.0 Å². The lowest BCUT2D eigenvalue weighted by Crippen LogP contribution is -2.34. The Labute approximate surface area is 143 Å². The number of ether oxygens (including phenoxy) is 2. The summed E-state index contributed by atoms with van der Waals surface area (Å²) in [5, 5.41) is 0. The topological polar surface area (TPSA) is 64.6 Å². The summed E-state index contributed by atoms with van der Waals surface area (Å²) in [6, 6.07) is 17.8. The van der Waals surface area contributed by atoms with E-state index in [4.69, 9.17) is 9.47 Å². The largest absolute Gasteiger partial charge is 0.382 e. The maximum absolute atomic E-state index is 12.2. The summed E-state index contributed by atoms with van der Waals surface area (Å²) < 4.78 is 37.0. The molecule has 0 aliphatic heterocycles. The van der Waals surface area contributed by atoms with E-state index < -0.39 is 16.1 Å². The van der Waals surface area contributed by atoms with Crippen molar-refractivity contribution in [2.75, 3.05) is 26.6 Å². The zero-order valence-corrected chi connectivity index (χ0v) is 14.8. The fraction of sp³-hybridized carbons (Fsp3) is 0.333. The SMILES string of the molecule is COC[C@@H](CS(=O)(=O)NCc1cccc(-c2ccccc2)c1)OC. The number of sulfonamides is 1. The van der Waals surface area contributed by atoms with Crippen LogP contribution in [-0.2, 0) is 26.0 Å². The van der Waals surface area contributed by atoms with Crippen molar-refractivity contribution in [3.05, 3.63) is 60.2 Å². The van der Waals surface area contributed by atoms with Gasteiger partial charge in [-0.3, -0.25) is 0 Å². The molecule has 0 aliphatic carbocycles. The molecule has 0 heterocycles. The van der Waals surface area contributed by atoms with Gasteiger partial charge >= 0.3 is 0 Å². The molecular formula is C18H23NO4S. The molecule has 0 bridgehead atoms. The van der Waals surface area contributed by atoms with Crippen molar-refractivity contribution < 1.29 is 17.9 Å². The van der Waals surface area contributed by atoms with Gasteiger partial charge in [0.1, 0.15) is 0 Å². The van der Waals surface area contributed by atoms with Crippen molar-refractivity contribution in [1.82, 2.24) is 4.72 Å². The van der Waals surface area contributed by atoms with E-state index in [0.29, 0.717) is 0 Å². The van der Waals surface area contributed by atoms with Crippen molar-refractivity contribution >= 4 is 10.0 Å². The minimum Gasteiger partial charge on any atom is -0.382 e. The molecule has 0 spiro atoms. The fourth-order valence-electron chi connectivity index (χ4n) is 2.36. The van der Waals surface area contributed by atoms with Gasteiger partial charge in [-0.15, -0.1) is 0 Å². The van der Waals surface area contributed by atoms with Crippen molar-refractivity contribution in [3.63, 3.8) is 0 Å². The Hall–Kier alpha value is -1.73. The zero-order chi connectivity index (χ0) is 17.4. The first-order valence-corrected chi connectivity index (χ1v) is 9.32. The van der Waals surface area contributed by atoms with E-state index in [1.165, 1.54) is 14.2 Å². The van der Waals surface area contributed by atoms with Crippen LogP contribution < -0.4 is 4.72 Å². The molecule has 0 fully saturated rings. The lowest BCUT2D eigenvalue weighted by Gasteiger charge is -2.15. The molecular weight excluding hydrogens is 326 g/mol. The molecule has 2 rings (SSSR count). The van der Waals surface area contributed by atoms with Gasteiger partial charge in [0.25, 0.3) is 0 Å². The van der Waals surface area contributed by atoms with E-state index in [1.54, 1.807) is 0 Å². The summed E-state index contributed by atoms with van der Waals surface area (Å²) in [5.41, 5.74) is 3.06. The van der Waals surface area contributed by atoms with Gasteiger partial charge < -0.3 is 9.47 Å². The van der Waals surface area contributed by atoms with E-state index >= 15 is 0 Å². The standard InChI is InChI=1S/C18H23NO4S/c1-22-13-18(23-2)14-24(20,21)19-12-15-7-6-10-17(11-15)16-8-4-3-5-9-16/h3-11,18-19H,12-14H2,1-2H3/t18-/m0/s1. The number of methoxy groups -OCH3 is 2. The highest BCUT2D eigenvalue weighted by molar-refractivity contribution is 7.89. The second-order valence-electron chi connectivity index (χ2n) is 5.48. The third-order valence-corrected chi connectivity index (χ3v) is 5.02. The summed E-state index contributed by atoms with van der Waals surface area (Å²) in [4.78, 5) is 0. The van der Waals surface area contributed by atoms with Crippen LogP contribution in [0.5, 0.6) is 0 Å². The van der Waals surface area contributed by atoms with Crippen molar-refractivity contribution in [1.29, 1.82) is 0 Å². The predicted molar refractivity (Wildman–Crippen MR) is 95.2 cm³/mol. The summed E-state index contributed by atoms with van der Waals surface area (Å²) in [6.45, 7) is 0.479. The molecule has 5 nitrogen and oxygen atoms in total. The van der Waals surface area contributed by atoms with E-state index in [2.05, 4.69) is 4.72 Å². The van der Waals surface area contributed by atoms with Gasteiger partial charge in [0, 0.05) is 20.8 Å². The Bertz CT molecular complexity index is 732. The minimum absolute atomic E-state index is 0.129. The van der Waals surface area contributed by atoms with E-state index in [1.807, 2.05) is 54.6 Å². The van der Waals surface area contributed by atoms with Gasteiger partial charge in [-0.2, -0.15) is 0 Å². The van der Waals surface area contributed by atoms with E-state index in [0.717, 1.165) is 16.7 Å². The molecule has 2 aromatic rings. The number of hydrogen-bond acceptors (Lipinski definition) is 4. The number of benzene rings is 2. The molecule has 130 valence electrons. The molecule has 6 heteroatoms. The van der Waals surface area contributed by atoms with Crippen molar-refractivity contribution in [2.24, 2.45) is 0 Å². The third kappa shape index (κ3) is 5.72. The second kappa shape index (κ2) is 8.94. The molecule has 0 saturated heterocycles. The van der Waals surface area contributed by atoms with Gasteiger partial charge in [-0.25, -0.2) is 13.1 Å². The number of nitrogens with one attached hydrogen (secondary N) is 1. The van der Waals surface area contributed by atoms with Crippen molar-refractivity contribution in [2.45, 2.75) is 12.6 Å². The molecule has 0 aliphatic rings. The first-order valence-electron chi connectivity index (χ1n) is 7.67. The van der Waals surface area contributed by atoms with Crippen LogP contribution in [0.25, 0.3) is 11.1 Å². The second-order valence-corrected chi connectivity index (χ2v) is 7.33. The molecule has 1 atom stereocenters. The van der Waals surface area contributed by atoms with Gasteiger partial charge in [-0.05, 0) is 22.8 Å².